The molecule has 2 heterocycles. The molecule has 0 aliphatic carbocycles. The average Bonchev–Trinajstić information content (AvgIpc) is 3.17. The number of aryl methyl sites for hydroxylation is 1. The van der Waals surface area contributed by atoms with Gasteiger partial charge < -0.3 is 15.2 Å². The van der Waals surface area contributed by atoms with Gasteiger partial charge in [-0.2, -0.15) is 10.1 Å². The van der Waals surface area contributed by atoms with E-state index in [1.807, 2.05) is 37.7 Å². The largest absolute Gasteiger partial charge is 0.356 e. The third kappa shape index (κ3) is 5.39. The summed E-state index contributed by atoms with van der Waals surface area (Å²) in [7, 11) is 1.74. The maximum Gasteiger partial charge on any atom is 0.232 e. The Morgan fingerprint density at radius 2 is 2.17 bits per heavy atom. The second-order valence-electron chi connectivity index (χ2n) is 6.24. The first kappa shape index (κ1) is 17.0. The fourth-order valence-electron chi connectivity index (χ4n) is 1.89. The van der Waals surface area contributed by atoms with Crippen LogP contribution in [0.1, 0.15) is 38.9 Å². The van der Waals surface area contributed by atoms with Crippen molar-refractivity contribution in [2.24, 2.45) is 4.99 Å². The van der Waals surface area contributed by atoms with Gasteiger partial charge in [0, 0.05) is 37.9 Å². The van der Waals surface area contributed by atoms with Crippen molar-refractivity contribution in [2.45, 2.75) is 45.7 Å². The van der Waals surface area contributed by atoms with Crippen LogP contribution in [0, 0.1) is 0 Å². The van der Waals surface area contributed by atoms with Crippen LogP contribution in [0.25, 0.3) is 0 Å². The van der Waals surface area contributed by atoms with Crippen molar-refractivity contribution < 1.29 is 4.52 Å². The Bertz CT molecular complexity index is 610. The van der Waals surface area contributed by atoms with Gasteiger partial charge >= 0.3 is 0 Å². The molecule has 8 heteroatoms. The van der Waals surface area contributed by atoms with Crippen LogP contribution in [-0.2, 0) is 18.5 Å². The molecule has 0 radical (unpaired) electrons. The summed E-state index contributed by atoms with van der Waals surface area (Å²) in [4.78, 5) is 8.56. The number of guanidine groups is 1. The highest BCUT2D eigenvalue weighted by molar-refractivity contribution is 5.79. The molecular weight excluding hydrogens is 294 g/mol. The molecule has 0 saturated carbocycles. The Kier molecular flexibility index (Phi) is 5.72. The Labute approximate surface area is 136 Å². The molecule has 0 aromatic carbocycles. The highest BCUT2D eigenvalue weighted by atomic mass is 16.5. The highest BCUT2D eigenvalue weighted by Crippen LogP contribution is 2.19. The first-order chi connectivity index (χ1) is 11.0. The molecule has 126 valence electrons. The third-order valence-electron chi connectivity index (χ3n) is 3.16. The zero-order valence-electron chi connectivity index (χ0n) is 14.2. The van der Waals surface area contributed by atoms with Crippen molar-refractivity contribution in [2.75, 3.05) is 13.6 Å². The number of rotatable bonds is 6. The molecule has 8 nitrogen and oxygen atoms in total. The van der Waals surface area contributed by atoms with Crippen molar-refractivity contribution in [3.63, 3.8) is 0 Å². The SMILES string of the molecule is CN=C(NCCCn1cccn1)NCc1noc(C(C)(C)C)n1. The fourth-order valence-corrected chi connectivity index (χ4v) is 1.89. The lowest BCUT2D eigenvalue weighted by atomic mass is 9.97. The topological polar surface area (TPSA) is 93.2 Å². The van der Waals surface area contributed by atoms with Crippen LogP contribution in [0.2, 0.25) is 0 Å². The standard InChI is InChI=1S/C15H25N7O/c1-15(2,3)13-20-12(21-23-13)11-18-14(16-4)17-7-5-9-22-10-6-8-19-22/h6,8,10H,5,7,9,11H2,1-4H3,(H2,16,17,18). The first-order valence-electron chi connectivity index (χ1n) is 7.74. The van der Waals surface area contributed by atoms with E-state index in [1.54, 1.807) is 13.2 Å². The molecule has 0 saturated heterocycles. The number of nitrogens with one attached hydrogen (secondary N) is 2. The average molecular weight is 319 g/mol. The Morgan fingerprint density at radius 1 is 1.35 bits per heavy atom. The van der Waals surface area contributed by atoms with Crippen LogP contribution in [-0.4, -0.2) is 39.5 Å². The lowest BCUT2D eigenvalue weighted by molar-refractivity contribution is 0.318. The number of hydrogen-bond donors (Lipinski definition) is 2. The van der Waals surface area contributed by atoms with E-state index >= 15 is 0 Å². The van der Waals surface area contributed by atoms with E-state index in [9.17, 15) is 0 Å². The van der Waals surface area contributed by atoms with Gasteiger partial charge in [-0.3, -0.25) is 9.67 Å². The summed E-state index contributed by atoms with van der Waals surface area (Å²) in [5.74, 6) is 1.97. The van der Waals surface area contributed by atoms with Gasteiger partial charge in [-0.15, -0.1) is 0 Å². The van der Waals surface area contributed by atoms with Crippen molar-refractivity contribution in [3.05, 3.63) is 30.2 Å². The monoisotopic (exact) mass is 319 g/mol. The van der Waals surface area contributed by atoms with Gasteiger partial charge in [0.2, 0.25) is 5.89 Å². The third-order valence-corrected chi connectivity index (χ3v) is 3.16. The van der Waals surface area contributed by atoms with Crippen LogP contribution >= 0.6 is 0 Å². The minimum Gasteiger partial charge on any atom is -0.356 e. The van der Waals surface area contributed by atoms with Gasteiger partial charge in [-0.25, -0.2) is 0 Å². The molecule has 0 spiro atoms. The van der Waals surface area contributed by atoms with Gasteiger partial charge in [0.15, 0.2) is 11.8 Å². The Balaban J connectivity index is 1.71. The van der Waals surface area contributed by atoms with E-state index in [0.29, 0.717) is 24.2 Å². The molecule has 0 aliphatic heterocycles. The number of aromatic nitrogens is 4. The van der Waals surface area contributed by atoms with Crippen LogP contribution in [0.15, 0.2) is 28.0 Å². The van der Waals surface area contributed by atoms with Gasteiger partial charge in [-0.1, -0.05) is 25.9 Å². The number of nitrogens with zero attached hydrogens (tertiary/aromatic N) is 5. The van der Waals surface area contributed by atoms with Crippen LogP contribution in [0.4, 0.5) is 0 Å². The predicted octanol–water partition coefficient (Wildman–Crippen LogP) is 1.32. The van der Waals surface area contributed by atoms with E-state index in [-0.39, 0.29) is 5.41 Å². The van der Waals surface area contributed by atoms with Crippen LogP contribution < -0.4 is 10.6 Å². The summed E-state index contributed by atoms with van der Waals surface area (Å²) >= 11 is 0. The molecule has 0 aliphatic rings. The van der Waals surface area contributed by atoms with Crippen molar-refractivity contribution in [1.29, 1.82) is 0 Å². The molecule has 2 N–H and O–H groups in total. The molecule has 2 aromatic rings. The van der Waals surface area contributed by atoms with E-state index in [0.717, 1.165) is 19.5 Å². The zero-order chi connectivity index (χ0) is 16.7. The fraction of sp³-hybridized carbons (Fsp3) is 0.600. The van der Waals surface area contributed by atoms with Gasteiger partial charge in [0.1, 0.15) is 0 Å². The second kappa shape index (κ2) is 7.75. The maximum absolute atomic E-state index is 5.26. The number of aliphatic imine (C=N–C) groups is 1. The minimum atomic E-state index is -0.141. The molecule has 23 heavy (non-hydrogen) atoms. The smallest absolute Gasteiger partial charge is 0.232 e. The minimum absolute atomic E-state index is 0.141. The Morgan fingerprint density at radius 3 is 2.78 bits per heavy atom. The highest BCUT2D eigenvalue weighted by Gasteiger charge is 2.21. The van der Waals surface area contributed by atoms with Crippen LogP contribution in [0.3, 0.4) is 0 Å². The molecule has 2 aromatic heterocycles. The van der Waals surface area contributed by atoms with Crippen molar-refractivity contribution >= 4 is 5.96 Å². The molecule has 0 atom stereocenters. The summed E-state index contributed by atoms with van der Waals surface area (Å²) < 4.78 is 7.17. The lowest BCUT2D eigenvalue weighted by Crippen LogP contribution is -2.37. The summed E-state index contributed by atoms with van der Waals surface area (Å²) in [6, 6.07) is 1.92. The summed E-state index contributed by atoms with van der Waals surface area (Å²) in [6.07, 6.45) is 4.69. The quantitative estimate of drug-likeness (QED) is 0.474. The molecule has 0 unspecified atom stereocenters. The zero-order valence-corrected chi connectivity index (χ0v) is 14.2. The summed E-state index contributed by atoms with van der Waals surface area (Å²) in [5.41, 5.74) is -0.141. The number of hydrogen-bond acceptors (Lipinski definition) is 5. The van der Waals surface area contributed by atoms with Crippen LogP contribution in [0.5, 0.6) is 0 Å². The van der Waals surface area contributed by atoms with Crippen molar-refractivity contribution in [3.8, 4) is 0 Å². The molecule has 0 amide bonds. The van der Waals surface area contributed by atoms with Gasteiger partial charge in [0.25, 0.3) is 0 Å². The maximum atomic E-state index is 5.26. The van der Waals surface area contributed by atoms with E-state index in [1.165, 1.54) is 0 Å². The summed E-state index contributed by atoms with van der Waals surface area (Å²) in [6.45, 7) is 8.27. The molecular formula is C15H25N7O. The first-order valence-corrected chi connectivity index (χ1v) is 7.74. The summed E-state index contributed by atoms with van der Waals surface area (Å²) in [5, 5.41) is 14.6. The predicted molar refractivity (Wildman–Crippen MR) is 88.0 cm³/mol. The molecule has 2 rings (SSSR count). The van der Waals surface area contributed by atoms with Crippen molar-refractivity contribution in [1.82, 2.24) is 30.6 Å². The lowest BCUT2D eigenvalue weighted by Gasteiger charge is -2.11. The van der Waals surface area contributed by atoms with E-state index in [2.05, 4.69) is 30.9 Å². The normalized spacial score (nSPS) is 12.4. The molecule has 0 bridgehead atoms. The second-order valence-corrected chi connectivity index (χ2v) is 6.24. The Hall–Kier alpha value is -2.38. The molecule has 0 fully saturated rings. The van der Waals surface area contributed by atoms with E-state index < -0.39 is 0 Å². The van der Waals surface area contributed by atoms with E-state index in [4.69, 9.17) is 4.52 Å². The van der Waals surface area contributed by atoms with Gasteiger partial charge in [0.05, 0.1) is 6.54 Å². The van der Waals surface area contributed by atoms with Gasteiger partial charge in [-0.05, 0) is 12.5 Å².